The van der Waals surface area contributed by atoms with Crippen molar-refractivity contribution >= 4 is 29.2 Å². The van der Waals surface area contributed by atoms with E-state index in [1.165, 1.54) is 0 Å². The van der Waals surface area contributed by atoms with Gasteiger partial charge in [-0.25, -0.2) is 9.78 Å². The van der Waals surface area contributed by atoms with Crippen LogP contribution in [0.25, 0.3) is 0 Å². The fourth-order valence-electron chi connectivity index (χ4n) is 5.09. The van der Waals surface area contributed by atoms with Crippen LogP contribution in [0.1, 0.15) is 56.6 Å². The number of carbonyl (C=O) groups excluding carboxylic acids is 1. The van der Waals surface area contributed by atoms with Gasteiger partial charge in [0.2, 0.25) is 5.95 Å². The van der Waals surface area contributed by atoms with Gasteiger partial charge < -0.3 is 30.1 Å². The number of hydrogen-bond acceptors (Lipinski definition) is 8. The fraction of sp³-hybridized carbons (Fsp3) is 0.607. The van der Waals surface area contributed by atoms with E-state index in [1.54, 1.807) is 4.90 Å². The van der Waals surface area contributed by atoms with Crippen molar-refractivity contribution < 1.29 is 22.7 Å². The molecule has 0 radical (unpaired) electrons. The number of nitrogens with one attached hydrogen (secondary N) is 2. The highest BCUT2D eigenvalue weighted by atomic mass is 19.4. The lowest BCUT2D eigenvalue weighted by molar-refractivity contribution is -0.137. The molecule has 3 aliphatic rings. The van der Waals surface area contributed by atoms with Crippen LogP contribution in [-0.2, 0) is 10.9 Å². The minimum absolute atomic E-state index is 0.103. The molecule has 0 bridgehead atoms. The number of nitrogens with zero attached hydrogens (tertiary/aromatic N) is 5. The Bertz CT molecular complexity index is 1210. The molecule has 1 amide bonds. The van der Waals surface area contributed by atoms with Gasteiger partial charge in [0.05, 0.1) is 0 Å². The molecule has 0 unspecified atom stereocenters. The summed E-state index contributed by atoms with van der Waals surface area (Å²) >= 11 is 0. The van der Waals surface area contributed by atoms with Gasteiger partial charge in [-0.1, -0.05) is 0 Å². The molecule has 40 heavy (non-hydrogen) atoms. The number of anilines is 4. The summed E-state index contributed by atoms with van der Waals surface area (Å²) in [5.74, 6) is 0.245. The number of halogens is 3. The smallest absolute Gasteiger partial charge is 0.421 e. The summed E-state index contributed by atoms with van der Waals surface area (Å²) in [6.07, 6.45) is -0.869. The highest BCUT2D eigenvalue weighted by Crippen LogP contribution is 2.45. The zero-order valence-electron chi connectivity index (χ0n) is 23.4. The highest BCUT2D eigenvalue weighted by Gasteiger charge is 2.36. The van der Waals surface area contributed by atoms with Gasteiger partial charge in [0, 0.05) is 69.8 Å². The standard InChI is InChI=1S/C28H38F3N7O2/c1-27(2)9-12-38(26(39)40-27)11-4-10-32-24-22(28(29,30)31)18-33-25(35-24)34-23-8-7-20(17-21(23)19-5-6-19)37-15-13-36(3)14-16-37/h7-8,17-19H,4-6,9-16H2,1-3H3,(H2,32,33,34,35). The van der Waals surface area contributed by atoms with E-state index < -0.39 is 23.4 Å². The van der Waals surface area contributed by atoms with Gasteiger partial charge in [0.25, 0.3) is 0 Å². The van der Waals surface area contributed by atoms with Gasteiger partial charge in [-0.05, 0) is 69.8 Å². The Morgan fingerprint density at radius 1 is 1.12 bits per heavy atom. The number of piperazine rings is 1. The lowest BCUT2D eigenvalue weighted by Crippen LogP contribution is -2.47. The topological polar surface area (TPSA) is 85.9 Å². The molecule has 1 saturated carbocycles. The molecule has 2 aromatic rings. The molecule has 1 aromatic heterocycles. The van der Waals surface area contributed by atoms with E-state index in [1.807, 2.05) is 19.9 Å². The number of carbonyl (C=O) groups is 1. The normalized spacial score (nSPS) is 19.9. The van der Waals surface area contributed by atoms with Crippen molar-refractivity contribution in [2.24, 2.45) is 0 Å². The predicted molar refractivity (Wildman–Crippen MR) is 148 cm³/mol. The highest BCUT2D eigenvalue weighted by molar-refractivity contribution is 5.69. The number of ether oxygens (including phenoxy) is 1. The van der Waals surface area contributed by atoms with E-state index in [0.29, 0.717) is 31.8 Å². The Morgan fingerprint density at radius 3 is 2.55 bits per heavy atom. The molecule has 12 heteroatoms. The van der Waals surface area contributed by atoms with E-state index >= 15 is 0 Å². The zero-order chi connectivity index (χ0) is 28.5. The van der Waals surface area contributed by atoms with Crippen molar-refractivity contribution in [2.45, 2.75) is 57.2 Å². The van der Waals surface area contributed by atoms with Crippen molar-refractivity contribution in [1.29, 1.82) is 0 Å². The molecular formula is C28H38F3N7O2. The summed E-state index contributed by atoms with van der Waals surface area (Å²) < 4.78 is 46.6. The number of cyclic esters (lactones) is 1. The number of aromatic nitrogens is 2. The molecule has 0 spiro atoms. The molecule has 9 nitrogen and oxygen atoms in total. The molecule has 3 fully saturated rings. The van der Waals surface area contributed by atoms with Gasteiger partial charge in [0.1, 0.15) is 17.0 Å². The van der Waals surface area contributed by atoms with Gasteiger partial charge in [-0.3, -0.25) is 0 Å². The lowest BCUT2D eigenvalue weighted by Gasteiger charge is -2.36. The van der Waals surface area contributed by atoms with Crippen molar-refractivity contribution in [1.82, 2.24) is 19.8 Å². The molecule has 218 valence electrons. The number of benzene rings is 1. The summed E-state index contributed by atoms with van der Waals surface area (Å²) in [7, 11) is 2.12. The monoisotopic (exact) mass is 561 g/mol. The van der Waals surface area contributed by atoms with E-state index in [0.717, 1.165) is 62.2 Å². The average Bonchev–Trinajstić information content (AvgIpc) is 3.73. The summed E-state index contributed by atoms with van der Waals surface area (Å²) in [4.78, 5) is 26.7. The van der Waals surface area contributed by atoms with Crippen LogP contribution in [0.2, 0.25) is 0 Å². The maximum absolute atomic E-state index is 13.7. The second kappa shape index (κ2) is 11.3. The maximum atomic E-state index is 13.7. The minimum atomic E-state index is -4.60. The van der Waals surface area contributed by atoms with Gasteiger partial charge >= 0.3 is 12.3 Å². The first-order valence-electron chi connectivity index (χ1n) is 14.0. The van der Waals surface area contributed by atoms with E-state index in [9.17, 15) is 18.0 Å². The van der Waals surface area contributed by atoms with Gasteiger partial charge in [-0.15, -0.1) is 0 Å². The molecule has 1 aromatic carbocycles. The van der Waals surface area contributed by atoms with Crippen LogP contribution < -0.4 is 15.5 Å². The molecule has 1 aliphatic carbocycles. The third-order valence-electron chi connectivity index (χ3n) is 7.76. The van der Waals surface area contributed by atoms with Crippen LogP contribution in [0.5, 0.6) is 0 Å². The fourth-order valence-corrected chi connectivity index (χ4v) is 5.09. The van der Waals surface area contributed by atoms with Gasteiger partial charge in [0.15, 0.2) is 0 Å². The Kier molecular flexibility index (Phi) is 7.98. The largest absolute Gasteiger partial charge is 0.443 e. The summed E-state index contributed by atoms with van der Waals surface area (Å²) in [6, 6.07) is 6.23. The maximum Gasteiger partial charge on any atom is 0.421 e. The molecule has 2 saturated heterocycles. The molecule has 5 rings (SSSR count). The first-order valence-corrected chi connectivity index (χ1v) is 14.0. The van der Waals surface area contributed by atoms with Crippen LogP contribution in [0.4, 0.5) is 41.1 Å². The van der Waals surface area contributed by atoms with Crippen LogP contribution in [-0.4, -0.2) is 84.3 Å². The Morgan fingerprint density at radius 2 is 1.88 bits per heavy atom. The minimum Gasteiger partial charge on any atom is -0.443 e. The van der Waals surface area contributed by atoms with Crippen LogP contribution in [0.15, 0.2) is 24.4 Å². The van der Waals surface area contributed by atoms with Gasteiger partial charge in [-0.2, -0.15) is 18.2 Å². The lowest BCUT2D eigenvalue weighted by atomic mass is 10.0. The molecule has 2 aliphatic heterocycles. The van der Waals surface area contributed by atoms with E-state index in [4.69, 9.17) is 4.74 Å². The third-order valence-corrected chi connectivity index (χ3v) is 7.76. The van der Waals surface area contributed by atoms with Crippen LogP contribution >= 0.6 is 0 Å². The molecule has 2 N–H and O–H groups in total. The average molecular weight is 562 g/mol. The van der Waals surface area contributed by atoms with Crippen molar-refractivity contribution in [3.8, 4) is 0 Å². The Hall–Kier alpha value is -3.28. The van der Waals surface area contributed by atoms with E-state index in [2.05, 4.69) is 49.6 Å². The van der Waals surface area contributed by atoms with Crippen LogP contribution in [0, 0.1) is 0 Å². The van der Waals surface area contributed by atoms with Crippen molar-refractivity contribution in [3.63, 3.8) is 0 Å². The summed E-state index contributed by atoms with van der Waals surface area (Å²) in [6.45, 7) is 8.80. The number of rotatable bonds is 9. The van der Waals surface area contributed by atoms with Crippen molar-refractivity contribution in [3.05, 3.63) is 35.5 Å². The number of likely N-dealkylation sites (N-methyl/N-ethyl adjacent to an activating group) is 1. The van der Waals surface area contributed by atoms with E-state index in [-0.39, 0.29) is 18.3 Å². The predicted octanol–water partition coefficient (Wildman–Crippen LogP) is 5.29. The molecule has 0 atom stereocenters. The Labute approximate surface area is 233 Å². The molecular weight excluding hydrogens is 523 g/mol. The first-order chi connectivity index (χ1) is 19.0. The summed E-state index contributed by atoms with van der Waals surface area (Å²) in [5, 5.41) is 6.00. The zero-order valence-corrected chi connectivity index (χ0v) is 23.4. The number of hydrogen-bond donors (Lipinski definition) is 2. The Balaban J connectivity index is 1.27. The number of alkyl halides is 3. The summed E-state index contributed by atoms with van der Waals surface area (Å²) in [5.41, 5.74) is 1.70. The second-order valence-corrected chi connectivity index (χ2v) is 11.6. The SMILES string of the molecule is CN1CCN(c2ccc(Nc3ncc(C(F)(F)F)c(NCCCN4CCC(C)(C)OC4=O)n3)c(C3CC3)c2)CC1. The van der Waals surface area contributed by atoms with Crippen molar-refractivity contribution in [2.75, 3.05) is 68.4 Å². The van der Waals surface area contributed by atoms with Crippen LogP contribution in [0.3, 0.4) is 0 Å². The third kappa shape index (κ3) is 6.89. The second-order valence-electron chi connectivity index (χ2n) is 11.6. The quantitative estimate of drug-likeness (QED) is 0.400. The molecule has 3 heterocycles. The first kappa shape index (κ1) is 28.3. The number of amides is 1.